The number of hydrogen-bond acceptors (Lipinski definition) is 4. The van der Waals surface area contributed by atoms with Crippen LogP contribution in [-0.4, -0.2) is 31.1 Å². The number of aliphatic hydroxyl groups is 2. The molecule has 0 fully saturated rings. The first kappa shape index (κ1) is 17.7. The zero-order valence-corrected chi connectivity index (χ0v) is 14.1. The molecule has 5 heteroatoms. The first-order chi connectivity index (χ1) is 8.08. The van der Waals surface area contributed by atoms with Gasteiger partial charge in [0.25, 0.3) is 0 Å². The summed E-state index contributed by atoms with van der Waals surface area (Å²) >= 11 is -3.79. The summed E-state index contributed by atoms with van der Waals surface area (Å²) in [6.07, 6.45) is 2.92. The first-order valence-corrected chi connectivity index (χ1v) is 11.6. The summed E-state index contributed by atoms with van der Waals surface area (Å²) < 4.78 is 10.5. The van der Waals surface area contributed by atoms with Crippen molar-refractivity contribution in [1.29, 1.82) is 0 Å². The SMILES string of the molecule is CCC[O][Zr]([O]CCC)([CH](O)CC)[CH](O)CC. The molecule has 0 radical (unpaired) electrons. The van der Waals surface area contributed by atoms with Gasteiger partial charge in [0.05, 0.1) is 0 Å². The Labute approximate surface area is 111 Å². The normalized spacial score (nSPS) is 15.9. The predicted molar refractivity (Wildman–Crippen MR) is 65.1 cm³/mol. The van der Waals surface area contributed by atoms with Crippen LogP contribution in [0.5, 0.6) is 0 Å². The van der Waals surface area contributed by atoms with Gasteiger partial charge in [-0.2, -0.15) is 0 Å². The topological polar surface area (TPSA) is 58.9 Å². The molecule has 17 heavy (non-hydrogen) atoms. The van der Waals surface area contributed by atoms with Crippen LogP contribution < -0.4 is 0 Å². The van der Waals surface area contributed by atoms with E-state index in [0.717, 1.165) is 12.8 Å². The van der Waals surface area contributed by atoms with Crippen molar-refractivity contribution in [3.05, 3.63) is 0 Å². The van der Waals surface area contributed by atoms with E-state index < -0.39 is 28.8 Å². The predicted octanol–water partition coefficient (Wildman–Crippen LogP) is 2.28. The molecule has 0 bridgehead atoms. The van der Waals surface area contributed by atoms with Crippen LogP contribution in [0.15, 0.2) is 0 Å². The molecule has 0 aromatic heterocycles. The van der Waals surface area contributed by atoms with Crippen molar-refractivity contribution in [3.63, 3.8) is 0 Å². The fourth-order valence-electron chi connectivity index (χ4n) is 1.74. The van der Waals surface area contributed by atoms with E-state index in [4.69, 9.17) is 5.63 Å². The van der Waals surface area contributed by atoms with Gasteiger partial charge >= 0.3 is 111 Å². The second-order valence-corrected chi connectivity index (χ2v) is 12.5. The first-order valence-electron chi connectivity index (χ1n) is 6.72. The summed E-state index contributed by atoms with van der Waals surface area (Å²) in [4.78, 5) is 0. The monoisotopic (exact) mass is 326 g/mol. The van der Waals surface area contributed by atoms with E-state index in [1.807, 2.05) is 27.7 Å². The number of rotatable bonds is 10. The molecule has 0 amide bonds. The fourth-order valence-corrected chi connectivity index (χ4v) is 10.3. The Balaban J connectivity index is 4.90. The Morgan fingerprint density at radius 2 is 1.18 bits per heavy atom. The van der Waals surface area contributed by atoms with E-state index in [2.05, 4.69) is 0 Å². The van der Waals surface area contributed by atoms with E-state index in [1.54, 1.807) is 0 Å². The average Bonchev–Trinajstić information content (AvgIpc) is 2.37. The van der Waals surface area contributed by atoms with Crippen molar-refractivity contribution in [1.82, 2.24) is 0 Å². The number of aliphatic hydroxyl groups excluding tert-OH is 2. The molecule has 0 heterocycles. The second kappa shape index (κ2) is 9.63. The molecule has 0 saturated carbocycles. The van der Waals surface area contributed by atoms with Crippen molar-refractivity contribution in [2.45, 2.75) is 61.0 Å². The molecular weight excluding hydrogens is 299 g/mol. The summed E-state index contributed by atoms with van der Waals surface area (Å²) in [5.41, 5.74) is 0. The van der Waals surface area contributed by atoms with Gasteiger partial charge in [0.1, 0.15) is 0 Å². The molecule has 2 N–H and O–H groups in total. The molecule has 2 atom stereocenters. The fraction of sp³-hybridized carbons (Fsp3) is 1.00. The van der Waals surface area contributed by atoms with Crippen molar-refractivity contribution >= 4 is 0 Å². The molecular formula is C12H28O4Zr. The third-order valence-electron chi connectivity index (χ3n) is 2.77. The molecule has 4 nitrogen and oxygen atoms in total. The molecule has 2 unspecified atom stereocenters. The van der Waals surface area contributed by atoms with E-state index in [0.29, 0.717) is 26.1 Å². The van der Waals surface area contributed by atoms with Crippen molar-refractivity contribution in [2.24, 2.45) is 0 Å². The minimum absolute atomic E-state index is 0.563. The zero-order valence-electron chi connectivity index (χ0n) is 11.6. The van der Waals surface area contributed by atoms with Crippen LogP contribution >= 0.6 is 0 Å². The zero-order chi connectivity index (χ0) is 13.3. The Kier molecular flexibility index (Phi) is 10.0. The van der Waals surface area contributed by atoms with Crippen LogP contribution in [0, 0.1) is 0 Å². The molecule has 0 saturated heterocycles. The quantitative estimate of drug-likeness (QED) is 0.646. The van der Waals surface area contributed by atoms with E-state index in [-0.39, 0.29) is 0 Å². The molecule has 0 spiro atoms. The molecule has 0 aliphatic rings. The Bertz CT molecular complexity index is 169. The Morgan fingerprint density at radius 3 is 1.41 bits per heavy atom. The molecule has 0 aliphatic carbocycles. The second-order valence-electron chi connectivity index (χ2n) is 4.27. The van der Waals surface area contributed by atoms with Crippen molar-refractivity contribution in [3.8, 4) is 0 Å². The van der Waals surface area contributed by atoms with Crippen LogP contribution in [-0.2, 0) is 26.8 Å². The molecule has 0 aliphatic heterocycles. The van der Waals surface area contributed by atoms with Gasteiger partial charge in [-0.15, -0.1) is 0 Å². The summed E-state index contributed by atoms with van der Waals surface area (Å²) in [7, 11) is 0. The number of hydrogen-bond donors (Lipinski definition) is 2. The van der Waals surface area contributed by atoms with Gasteiger partial charge in [0, 0.05) is 0 Å². The van der Waals surface area contributed by atoms with E-state index >= 15 is 0 Å². The van der Waals surface area contributed by atoms with Crippen LogP contribution in [0.3, 0.4) is 0 Å². The van der Waals surface area contributed by atoms with Gasteiger partial charge in [0.2, 0.25) is 0 Å². The summed E-state index contributed by atoms with van der Waals surface area (Å²) in [5, 5.41) is 20.4. The van der Waals surface area contributed by atoms with Crippen LogP contribution in [0.4, 0.5) is 0 Å². The summed E-state index contributed by atoms with van der Waals surface area (Å²) in [5.74, 6) is 0. The Morgan fingerprint density at radius 1 is 0.824 bits per heavy atom. The van der Waals surface area contributed by atoms with Crippen molar-refractivity contribution in [2.75, 3.05) is 13.2 Å². The maximum absolute atomic E-state index is 10.2. The van der Waals surface area contributed by atoms with E-state index in [9.17, 15) is 10.2 Å². The van der Waals surface area contributed by atoms with Gasteiger partial charge in [-0.05, 0) is 0 Å². The summed E-state index contributed by atoms with van der Waals surface area (Å²) in [6, 6.07) is 0. The molecule has 0 aromatic rings. The van der Waals surface area contributed by atoms with Crippen LogP contribution in [0.2, 0.25) is 0 Å². The van der Waals surface area contributed by atoms with Gasteiger partial charge in [-0.1, -0.05) is 0 Å². The summed E-state index contributed by atoms with van der Waals surface area (Å²) in [6.45, 7) is 8.98. The Hall–Kier alpha value is 0.723. The van der Waals surface area contributed by atoms with Crippen LogP contribution in [0.1, 0.15) is 53.4 Å². The van der Waals surface area contributed by atoms with Crippen molar-refractivity contribution < 1.29 is 37.0 Å². The van der Waals surface area contributed by atoms with Crippen LogP contribution in [0.25, 0.3) is 0 Å². The molecule has 0 rings (SSSR count). The third kappa shape index (κ3) is 5.08. The van der Waals surface area contributed by atoms with Gasteiger partial charge in [-0.3, -0.25) is 0 Å². The molecule has 104 valence electrons. The average molecular weight is 328 g/mol. The van der Waals surface area contributed by atoms with Gasteiger partial charge in [-0.25, -0.2) is 0 Å². The van der Waals surface area contributed by atoms with Gasteiger partial charge < -0.3 is 0 Å². The third-order valence-corrected chi connectivity index (χ3v) is 12.6. The standard InChI is InChI=1S/4C3H7O.Zr/c4*1-2-3-4;/h2*2-3H2,1H3;2*3-4H,2H2,1H3;/q2*-1;;;+2. The minimum atomic E-state index is -3.79. The van der Waals surface area contributed by atoms with Gasteiger partial charge in [0.15, 0.2) is 0 Å². The maximum atomic E-state index is 10.2. The molecule has 0 aromatic carbocycles. The van der Waals surface area contributed by atoms with E-state index in [1.165, 1.54) is 0 Å².